The molecule has 1 heterocycles. The Morgan fingerprint density at radius 2 is 2.00 bits per heavy atom. The molecule has 5 nitrogen and oxygen atoms in total. The molecule has 0 radical (unpaired) electrons. The Morgan fingerprint density at radius 1 is 1.32 bits per heavy atom. The summed E-state index contributed by atoms with van der Waals surface area (Å²) in [6.45, 7) is 1.95. The maximum absolute atomic E-state index is 10.7. The Labute approximate surface area is 115 Å². The molecular weight excluding hydrogens is 266 g/mol. The molecule has 1 aromatic heterocycles. The van der Waals surface area contributed by atoms with E-state index in [0.29, 0.717) is 10.7 Å². The highest BCUT2D eigenvalue weighted by Crippen LogP contribution is 2.29. The van der Waals surface area contributed by atoms with Crippen LogP contribution in [0.15, 0.2) is 42.7 Å². The fourth-order valence-corrected chi connectivity index (χ4v) is 1.88. The summed E-state index contributed by atoms with van der Waals surface area (Å²) >= 11 is 6.03. The van der Waals surface area contributed by atoms with Crippen molar-refractivity contribution in [2.75, 3.05) is 5.32 Å². The number of nitrogens with one attached hydrogen (secondary N) is 1. The van der Waals surface area contributed by atoms with Crippen LogP contribution in [0.5, 0.6) is 0 Å². The van der Waals surface area contributed by atoms with Crippen molar-refractivity contribution in [2.45, 2.75) is 13.0 Å². The lowest BCUT2D eigenvalue weighted by atomic mass is 10.1. The summed E-state index contributed by atoms with van der Waals surface area (Å²) < 4.78 is 0. The van der Waals surface area contributed by atoms with Crippen LogP contribution in [-0.4, -0.2) is 9.91 Å². The summed E-state index contributed by atoms with van der Waals surface area (Å²) in [5, 5.41) is 14.4. The minimum absolute atomic E-state index is 0.00817. The van der Waals surface area contributed by atoms with Crippen LogP contribution in [0, 0.1) is 10.1 Å². The van der Waals surface area contributed by atoms with Gasteiger partial charge >= 0.3 is 0 Å². The Hall–Kier alpha value is -2.14. The van der Waals surface area contributed by atoms with Crippen LogP contribution in [-0.2, 0) is 0 Å². The molecule has 0 saturated heterocycles. The normalized spacial score (nSPS) is 11.9. The number of halogens is 1. The van der Waals surface area contributed by atoms with Crippen molar-refractivity contribution < 1.29 is 4.92 Å². The highest BCUT2D eigenvalue weighted by molar-refractivity contribution is 6.33. The van der Waals surface area contributed by atoms with Crippen LogP contribution in [0.3, 0.4) is 0 Å². The number of nitro groups is 1. The van der Waals surface area contributed by atoms with Gasteiger partial charge in [0.1, 0.15) is 0 Å². The highest BCUT2D eigenvalue weighted by Gasteiger charge is 2.12. The molecule has 1 N–H and O–H groups in total. The van der Waals surface area contributed by atoms with Crippen molar-refractivity contribution in [1.29, 1.82) is 0 Å². The molecule has 0 spiro atoms. The van der Waals surface area contributed by atoms with E-state index >= 15 is 0 Å². The lowest BCUT2D eigenvalue weighted by molar-refractivity contribution is -0.384. The van der Waals surface area contributed by atoms with Crippen LogP contribution in [0.25, 0.3) is 0 Å². The topological polar surface area (TPSA) is 68.1 Å². The van der Waals surface area contributed by atoms with E-state index in [1.807, 2.05) is 19.1 Å². The van der Waals surface area contributed by atoms with Crippen LogP contribution in [0.4, 0.5) is 11.4 Å². The van der Waals surface area contributed by atoms with Gasteiger partial charge in [-0.25, -0.2) is 0 Å². The molecule has 0 aliphatic carbocycles. The quantitative estimate of drug-likeness (QED) is 0.681. The molecule has 0 amide bonds. The Bertz CT molecular complexity index is 590. The number of nitrogens with zero attached hydrogens (tertiary/aromatic N) is 2. The molecule has 0 fully saturated rings. The summed E-state index contributed by atoms with van der Waals surface area (Å²) in [7, 11) is 0. The monoisotopic (exact) mass is 277 g/mol. The van der Waals surface area contributed by atoms with E-state index in [1.165, 1.54) is 18.2 Å². The van der Waals surface area contributed by atoms with Gasteiger partial charge in [-0.3, -0.25) is 15.1 Å². The molecule has 1 atom stereocenters. The zero-order chi connectivity index (χ0) is 13.8. The average molecular weight is 278 g/mol. The third kappa shape index (κ3) is 3.20. The van der Waals surface area contributed by atoms with Crippen LogP contribution in [0.2, 0.25) is 5.02 Å². The molecule has 1 unspecified atom stereocenters. The Kier molecular flexibility index (Phi) is 3.97. The van der Waals surface area contributed by atoms with E-state index in [-0.39, 0.29) is 11.7 Å². The first kappa shape index (κ1) is 13.3. The van der Waals surface area contributed by atoms with E-state index in [1.54, 1.807) is 12.4 Å². The molecule has 98 valence electrons. The van der Waals surface area contributed by atoms with Gasteiger partial charge in [0.25, 0.3) is 5.69 Å². The molecule has 1 aromatic carbocycles. The number of benzene rings is 1. The molecule has 2 rings (SSSR count). The summed E-state index contributed by atoms with van der Waals surface area (Å²) in [4.78, 5) is 14.2. The van der Waals surface area contributed by atoms with Crippen LogP contribution in [0.1, 0.15) is 18.5 Å². The second-order valence-electron chi connectivity index (χ2n) is 4.07. The standard InChI is InChI=1S/C13H12ClN3O2/c1-9(10-4-6-15-7-5-10)16-13-8-11(17(18)19)2-3-12(13)14/h2-9,16H,1H3. The van der Waals surface area contributed by atoms with Crippen molar-refractivity contribution >= 4 is 23.0 Å². The lowest BCUT2D eigenvalue weighted by Gasteiger charge is -2.16. The Morgan fingerprint density at radius 3 is 2.63 bits per heavy atom. The van der Waals surface area contributed by atoms with Gasteiger partial charge in [-0.15, -0.1) is 0 Å². The summed E-state index contributed by atoms with van der Waals surface area (Å²) in [6, 6.07) is 8.06. The Balaban J connectivity index is 2.23. The van der Waals surface area contributed by atoms with Gasteiger partial charge in [-0.2, -0.15) is 0 Å². The summed E-state index contributed by atoms with van der Waals surface area (Å²) in [5.41, 5.74) is 1.58. The molecule has 0 bridgehead atoms. The lowest BCUT2D eigenvalue weighted by Crippen LogP contribution is -2.07. The number of aromatic nitrogens is 1. The smallest absolute Gasteiger partial charge is 0.271 e. The van der Waals surface area contributed by atoms with Crippen LogP contribution < -0.4 is 5.32 Å². The summed E-state index contributed by atoms with van der Waals surface area (Å²) in [5.74, 6) is 0. The number of pyridine rings is 1. The van der Waals surface area contributed by atoms with E-state index < -0.39 is 4.92 Å². The van der Waals surface area contributed by atoms with Gasteiger partial charge < -0.3 is 5.32 Å². The number of anilines is 1. The predicted molar refractivity (Wildman–Crippen MR) is 74.4 cm³/mol. The molecule has 0 saturated carbocycles. The van der Waals surface area contributed by atoms with E-state index in [4.69, 9.17) is 11.6 Å². The molecule has 6 heteroatoms. The van der Waals surface area contributed by atoms with Gasteiger partial charge in [0.15, 0.2) is 0 Å². The molecule has 0 aliphatic heterocycles. The van der Waals surface area contributed by atoms with Gasteiger partial charge in [0, 0.05) is 30.6 Å². The van der Waals surface area contributed by atoms with E-state index in [9.17, 15) is 10.1 Å². The van der Waals surface area contributed by atoms with Crippen molar-refractivity contribution in [3.05, 3.63) is 63.4 Å². The summed E-state index contributed by atoms with van der Waals surface area (Å²) in [6.07, 6.45) is 3.39. The molecule has 19 heavy (non-hydrogen) atoms. The van der Waals surface area contributed by atoms with Crippen LogP contribution >= 0.6 is 11.6 Å². The SMILES string of the molecule is CC(Nc1cc([N+](=O)[O-])ccc1Cl)c1ccncc1. The second-order valence-corrected chi connectivity index (χ2v) is 4.48. The number of nitro benzene ring substituents is 1. The second kappa shape index (κ2) is 5.67. The minimum Gasteiger partial charge on any atom is -0.377 e. The van der Waals surface area contributed by atoms with E-state index in [0.717, 1.165) is 5.56 Å². The highest BCUT2D eigenvalue weighted by atomic mass is 35.5. The van der Waals surface area contributed by atoms with Crippen molar-refractivity contribution in [3.63, 3.8) is 0 Å². The van der Waals surface area contributed by atoms with E-state index in [2.05, 4.69) is 10.3 Å². The largest absolute Gasteiger partial charge is 0.377 e. The first-order valence-electron chi connectivity index (χ1n) is 5.68. The van der Waals surface area contributed by atoms with Crippen molar-refractivity contribution in [1.82, 2.24) is 4.98 Å². The van der Waals surface area contributed by atoms with Gasteiger partial charge in [0.2, 0.25) is 0 Å². The van der Waals surface area contributed by atoms with Gasteiger partial charge in [-0.05, 0) is 30.7 Å². The predicted octanol–water partition coefficient (Wildman–Crippen LogP) is 3.82. The fourth-order valence-electron chi connectivity index (χ4n) is 1.71. The van der Waals surface area contributed by atoms with Gasteiger partial charge in [0.05, 0.1) is 15.6 Å². The molecular formula is C13H12ClN3O2. The fraction of sp³-hybridized carbons (Fsp3) is 0.154. The third-order valence-electron chi connectivity index (χ3n) is 2.74. The van der Waals surface area contributed by atoms with Crippen molar-refractivity contribution in [3.8, 4) is 0 Å². The number of hydrogen-bond donors (Lipinski definition) is 1. The average Bonchev–Trinajstić information content (AvgIpc) is 2.42. The maximum atomic E-state index is 10.7. The third-order valence-corrected chi connectivity index (χ3v) is 3.07. The zero-order valence-electron chi connectivity index (χ0n) is 10.2. The number of rotatable bonds is 4. The first-order chi connectivity index (χ1) is 9.08. The molecule has 0 aliphatic rings. The molecule has 2 aromatic rings. The van der Waals surface area contributed by atoms with Gasteiger partial charge in [-0.1, -0.05) is 11.6 Å². The minimum atomic E-state index is -0.446. The first-order valence-corrected chi connectivity index (χ1v) is 6.06. The number of hydrogen-bond acceptors (Lipinski definition) is 4. The number of non-ortho nitro benzene ring substituents is 1. The van der Waals surface area contributed by atoms with Crippen molar-refractivity contribution in [2.24, 2.45) is 0 Å². The zero-order valence-corrected chi connectivity index (χ0v) is 11.0. The maximum Gasteiger partial charge on any atom is 0.271 e.